The van der Waals surface area contributed by atoms with E-state index in [1.54, 1.807) is 0 Å². The molecule has 2 heterocycles. The third-order valence-electron chi connectivity index (χ3n) is 4.84. The van der Waals surface area contributed by atoms with Crippen molar-refractivity contribution in [2.24, 2.45) is 0 Å². The first-order chi connectivity index (χ1) is 14.9. The molecule has 1 aliphatic heterocycles. The number of carbonyl (C=O) groups is 2. The highest BCUT2D eigenvalue weighted by molar-refractivity contribution is 6.31. The van der Waals surface area contributed by atoms with Crippen molar-refractivity contribution in [2.75, 3.05) is 13.1 Å². The number of urea groups is 1. The van der Waals surface area contributed by atoms with Crippen LogP contribution in [0.1, 0.15) is 29.9 Å². The van der Waals surface area contributed by atoms with Gasteiger partial charge in [0.05, 0.1) is 5.69 Å². The number of piperazine rings is 1. The molecule has 0 spiro atoms. The highest BCUT2D eigenvalue weighted by atomic mass is 35.5. The normalized spacial score (nSPS) is 17.7. The monoisotopic (exact) mass is 480 g/mol. The number of hydrogen-bond acceptors (Lipinski definition) is 3. The van der Waals surface area contributed by atoms with Crippen molar-refractivity contribution in [3.05, 3.63) is 63.7 Å². The lowest BCUT2D eigenvalue weighted by Crippen LogP contribution is -2.58. The third-order valence-corrected chi connectivity index (χ3v) is 5.18. The van der Waals surface area contributed by atoms with Crippen molar-refractivity contribution in [1.82, 2.24) is 20.5 Å². The average Bonchev–Trinajstić information content (AvgIpc) is 2.72. The van der Waals surface area contributed by atoms with E-state index in [0.717, 1.165) is 23.1 Å². The molecule has 1 saturated heterocycles. The van der Waals surface area contributed by atoms with Crippen LogP contribution in [-0.4, -0.2) is 41.0 Å². The highest BCUT2D eigenvalue weighted by Gasteiger charge is 2.38. The smallest absolute Gasteiger partial charge is 0.353 e. The predicted octanol–water partition coefficient (Wildman–Crippen LogP) is 3.79. The molecule has 13 heteroatoms. The maximum atomic E-state index is 14.7. The summed E-state index contributed by atoms with van der Waals surface area (Å²) in [4.78, 5) is 28.9. The SMILES string of the molecule is C[C@@H]1C(=O)NCCN1C(=O)NC(c1ccc(F)c(C(F)(F)F)n1)c1ccc(F)c(Cl)c1F. The third kappa shape index (κ3) is 4.59. The van der Waals surface area contributed by atoms with Crippen molar-refractivity contribution >= 4 is 23.5 Å². The molecule has 2 atom stereocenters. The largest absolute Gasteiger partial charge is 0.436 e. The number of pyridine rings is 1. The molecule has 0 radical (unpaired) electrons. The maximum Gasteiger partial charge on any atom is 0.436 e. The molecule has 172 valence electrons. The molecule has 6 nitrogen and oxygen atoms in total. The second-order valence-corrected chi connectivity index (χ2v) is 7.25. The van der Waals surface area contributed by atoms with Gasteiger partial charge in [0, 0.05) is 18.7 Å². The van der Waals surface area contributed by atoms with Crippen LogP contribution in [0.15, 0.2) is 24.3 Å². The number of hydrogen-bond donors (Lipinski definition) is 2. The molecule has 1 aromatic carbocycles. The van der Waals surface area contributed by atoms with Crippen molar-refractivity contribution < 1.29 is 35.9 Å². The molecule has 1 aromatic heterocycles. The summed E-state index contributed by atoms with van der Waals surface area (Å²) in [5.41, 5.74) is -2.97. The van der Waals surface area contributed by atoms with Gasteiger partial charge in [0.25, 0.3) is 0 Å². The van der Waals surface area contributed by atoms with Gasteiger partial charge in [-0.2, -0.15) is 13.2 Å². The summed E-state index contributed by atoms with van der Waals surface area (Å²) in [6.07, 6.45) is -5.17. The summed E-state index contributed by atoms with van der Waals surface area (Å²) >= 11 is 5.58. The lowest BCUT2D eigenvalue weighted by molar-refractivity contribution is -0.143. The fourth-order valence-electron chi connectivity index (χ4n) is 3.16. The van der Waals surface area contributed by atoms with E-state index in [1.807, 2.05) is 0 Å². The van der Waals surface area contributed by atoms with E-state index < -0.39 is 69.6 Å². The Hall–Kier alpha value is -3.02. The summed E-state index contributed by atoms with van der Waals surface area (Å²) in [6, 6.07) is -0.672. The highest BCUT2D eigenvalue weighted by Crippen LogP contribution is 2.34. The Balaban J connectivity index is 2.08. The van der Waals surface area contributed by atoms with E-state index in [4.69, 9.17) is 11.6 Å². The number of benzene rings is 1. The molecule has 0 saturated carbocycles. The summed E-state index contributed by atoms with van der Waals surface area (Å²) in [5.74, 6) is -4.63. The number of aromatic nitrogens is 1. The van der Waals surface area contributed by atoms with Gasteiger partial charge in [-0.25, -0.2) is 22.9 Å². The lowest BCUT2D eigenvalue weighted by atomic mass is 10.0. The number of carbonyl (C=O) groups excluding carboxylic acids is 2. The number of rotatable bonds is 3. The molecule has 0 bridgehead atoms. The topological polar surface area (TPSA) is 74.3 Å². The van der Waals surface area contributed by atoms with Gasteiger partial charge in [0.2, 0.25) is 5.91 Å². The van der Waals surface area contributed by atoms with Gasteiger partial charge in [-0.3, -0.25) is 4.79 Å². The quantitative estimate of drug-likeness (QED) is 0.518. The van der Waals surface area contributed by atoms with E-state index in [2.05, 4.69) is 15.6 Å². The second-order valence-electron chi connectivity index (χ2n) is 6.87. The van der Waals surface area contributed by atoms with Crippen LogP contribution in [0, 0.1) is 17.5 Å². The predicted molar refractivity (Wildman–Crippen MR) is 100 cm³/mol. The minimum absolute atomic E-state index is 0.0583. The van der Waals surface area contributed by atoms with Crippen LogP contribution in [0.4, 0.5) is 31.1 Å². The number of halogens is 7. The first-order valence-corrected chi connectivity index (χ1v) is 9.51. The molecule has 3 amide bonds. The van der Waals surface area contributed by atoms with Crippen LogP contribution in [0.3, 0.4) is 0 Å². The molecule has 1 unspecified atom stereocenters. The van der Waals surface area contributed by atoms with E-state index in [1.165, 1.54) is 6.92 Å². The van der Waals surface area contributed by atoms with Crippen LogP contribution < -0.4 is 10.6 Å². The minimum Gasteiger partial charge on any atom is -0.353 e. The Labute approximate surface area is 182 Å². The average molecular weight is 481 g/mol. The van der Waals surface area contributed by atoms with Gasteiger partial charge in [-0.05, 0) is 25.1 Å². The fraction of sp³-hybridized carbons (Fsp3) is 0.316. The van der Waals surface area contributed by atoms with Gasteiger partial charge >= 0.3 is 12.2 Å². The van der Waals surface area contributed by atoms with Crippen LogP contribution in [0.5, 0.6) is 0 Å². The van der Waals surface area contributed by atoms with Crippen molar-refractivity contribution in [3.8, 4) is 0 Å². The molecular formula is C19H15ClF6N4O2. The molecule has 1 aliphatic rings. The first-order valence-electron chi connectivity index (χ1n) is 9.13. The van der Waals surface area contributed by atoms with E-state index in [9.17, 15) is 35.9 Å². The summed E-state index contributed by atoms with van der Waals surface area (Å²) in [7, 11) is 0. The Kier molecular flexibility index (Phi) is 6.54. The van der Waals surface area contributed by atoms with E-state index in [-0.39, 0.29) is 13.1 Å². The molecule has 3 rings (SSSR count). The van der Waals surface area contributed by atoms with Gasteiger partial charge in [-0.15, -0.1) is 0 Å². The van der Waals surface area contributed by atoms with Crippen LogP contribution in [0.2, 0.25) is 5.02 Å². The zero-order valence-electron chi connectivity index (χ0n) is 16.2. The molecule has 0 aliphatic carbocycles. The number of nitrogens with zero attached hydrogens (tertiary/aromatic N) is 2. The van der Waals surface area contributed by atoms with E-state index >= 15 is 0 Å². The number of amides is 3. The van der Waals surface area contributed by atoms with Crippen LogP contribution >= 0.6 is 11.6 Å². The van der Waals surface area contributed by atoms with Crippen LogP contribution in [0.25, 0.3) is 0 Å². The molecule has 2 aromatic rings. The zero-order chi connectivity index (χ0) is 23.8. The van der Waals surface area contributed by atoms with Gasteiger partial charge < -0.3 is 15.5 Å². The molecule has 2 N–H and O–H groups in total. The van der Waals surface area contributed by atoms with Gasteiger partial charge in [0.15, 0.2) is 11.5 Å². The summed E-state index contributed by atoms with van der Waals surface area (Å²) in [6.45, 7) is 1.59. The van der Waals surface area contributed by atoms with E-state index in [0.29, 0.717) is 6.07 Å². The molecule has 32 heavy (non-hydrogen) atoms. The minimum atomic E-state index is -5.17. The molecule has 1 fully saturated rings. The Morgan fingerprint density at radius 3 is 2.53 bits per heavy atom. The van der Waals surface area contributed by atoms with Gasteiger partial charge in [0.1, 0.15) is 28.7 Å². The summed E-state index contributed by atoms with van der Waals surface area (Å²) in [5, 5.41) is 3.86. The zero-order valence-corrected chi connectivity index (χ0v) is 17.0. The van der Waals surface area contributed by atoms with Gasteiger partial charge in [-0.1, -0.05) is 17.7 Å². The Morgan fingerprint density at radius 2 is 1.88 bits per heavy atom. The second kappa shape index (κ2) is 8.85. The van der Waals surface area contributed by atoms with Crippen molar-refractivity contribution in [1.29, 1.82) is 0 Å². The number of alkyl halides is 3. The fourth-order valence-corrected chi connectivity index (χ4v) is 3.33. The first kappa shape index (κ1) is 23.6. The number of nitrogens with one attached hydrogen (secondary N) is 2. The Morgan fingerprint density at radius 1 is 1.22 bits per heavy atom. The lowest BCUT2D eigenvalue weighted by Gasteiger charge is -2.34. The van der Waals surface area contributed by atoms with Crippen molar-refractivity contribution in [3.63, 3.8) is 0 Å². The van der Waals surface area contributed by atoms with Crippen molar-refractivity contribution in [2.45, 2.75) is 25.2 Å². The Bertz CT molecular complexity index is 1060. The molecular weight excluding hydrogens is 466 g/mol. The standard InChI is InChI=1S/C19H15ClF6N4O2/c1-8-17(31)27-6-7-30(8)18(32)29-15(9-2-3-10(21)13(20)14(9)23)12-5-4-11(22)16(28-12)19(24,25)26/h2-5,8,15H,6-7H2,1H3,(H,27,31)(H,29,32)/t8-,15?/m1/s1. The summed E-state index contributed by atoms with van der Waals surface area (Å²) < 4.78 is 81.5. The van der Waals surface area contributed by atoms with Crippen LogP contribution in [-0.2, 0) is 11.0 Å². The maximum absolute atomic E-state index is 14.7.